The number of nitrogens with zero attached hydrogens (tertiary/aromatic N) is 2. The lowest BCUT2D eigenvalue weighted by atomic mass is 10.1. The molecular formula is C22H32BrClN2O3Si. The molecule has 0 amide bonds. The van der Waals surface area contributed by atoms with E-state index >= 15 is 0 Å². The lowest BCUT2D eigenvalue weighted by molar-refractivity contribution is -0.0393. The first kappa shape index (κ1) is 23.8. The summed E-state index contributed by atoms with van der Waals surface area (Å²) >= 11 is 10.0. The van der Waals surface area contributed by atoms with E-state index in [9.17, 15) is 0 Å². The van der Waals surface area contributed by atoms with Crippen molar-refractivity contribution < 1.29 is 13.9 Å². The summed E-state index contributed by atoms with van der Waals surface area (Å²) in [6, 6.07) is 5.79. The number of hydrogen-bond acceptors (Lipinski definition) is 4. The van der Waals surface area contributed by atoms with E-state index in [1.165, 1.54) is 6.42 Å². The van der Waals surface area contributed by atoms with Crippen molar-refractivity contribution in [1.29, 1.82) is 0 Å². The maximum absolute atomic E-state index is 6.42. The van der Waals surface area contributed by atoms with Crippen LogP contribution in [0.1, 0.15) is 46.3 Å². The highest BCUT2D eigenvalue weighted by Crippen LogP contribution is 2.38. The van der Waals surface area contributed by atoms with Gasteiger partial charge in [-0.1, -0.05) is 48.3 Å². The van der Waals surface area contributed by atoms with Crippen molar-refractivity contribution in [3.8, 4) is 17.0 Å². The van der Waals surface area contributed by atoms with Crippen LogP contribution in [0.4, 0.5) is 0 Å². The van der Waals surface area contributed by atoms with Crippen LogP contribution >= 0.6 is 27.5 Å². The minimum atomic E-state index is -1.79. The van der Waals surface area contributed by atoms with E-state index in [1.807, 2.05) is 29.1 Å². The second kappa shape index (κ2) is 9.73. The third-order valence-corrected chi connectivity index (χ3v) is 11.5. The Balaban J connectivity index is 1.68. The predicted molar refractivity (Wildman–Crippen MR) is 128 cm³/mol. The van der Waals surface area contributed by atoms with Gasteiger partial charge < -0.3 is 13.9 Å². The van der Waals surface area contributed by atoms with E-state index in [4.69, 9.17) is 30.6 Å². The zero-order chi connectivity index (χ0) is 21.9. The number of halogens is 2. The molecule has 1 saturated heterocycles. The molecule has 0 radical (unpaired) electrons. The monoisotopic (exact) mass is 514 g/mol. The van der Waals surface area contributed by atoms with Gasteiger partial charge >= 0.3 is 0 Å². The molecular weight excluding hydrogens is 484 g/mol. The molecule has 30 heavy (non-hydrogen) atoms. The fourth-order valence-electron chi connectivity index (χ4n) is 3.08. The van der Waals surface area contributed by atoms with E-state index in [-0.39, 0.29) is 11.3 Å². The number of hydrogen-bond donors (Lipinski definition) is 0. The van der Waals surface area contributed by atoms with Crippen molar-refractivity contribution in [1.82, 2.24) is 9.78 Å². The zero-order valence-corrected chi connectivity index (χ0v) is 21.8. The number of aromatic nitrogens is 2. The molecule has 2 aromatic rings. The van der Waals surface area contributed by atoms with Crippen LogP contribution in [-0.2, 0) is 9.16 Å². The highest BCUT2D eigenvalue weighted by molar-refractivity contribution is 9.10. The van der Waals surface area contributed by atoms with Crippen LogP contribution in [0, 0.1) is 0 Å². The molecule has 5 nitrogen and oxygen atoms in total. The minimum absolute atomic E-state index is 0.0155. The fourth-order valence-corrected chi connectivity index (χ4v) is 5.00. The molecule has 2 heterocycles. The standard InChI is InChI=1S/C22H32BrClN2O3Si/c1-22(2,3)30(4,5)29-13-12-27-20-14-16(17(23)15-18(20)24)19-9-10-26(25-19)21-8-6-7-11-28-21/h9-10,14-15,21H,6-8,11-13H2,1-5H3. The predicted octanol–water partition coefficient (Wildman–Crippen LogP) is 7.07. The second-order valence-corrected chi connectivity index (χ2v) is 15.3. The van der Waals surface area contributed by atoms with Crippen molar-refractivity contribution in [2.45, 2.75) is 64.4 Å². The summed E-state index contributed by atoms with van der Waals surface area (Å²) in [6.45, 7) is 13.0. The summed E-state index contributed by atoms with van der Waals surface area (Å²) in [5, 5.41) is 5.48. The number of benzene rings is 1. The first-order chi connectivity index (χ1) is 14.1. The molecule has 166 valence electrons. The first-order valence-corrected chi connectivity index (χ1v) is 14.6. The van der Waals surface area contributed by atoms with Gasteiger partial charge in [-0.2, -0.15) is 5.10 Å². The topological polar surface area (TPSA) is 45.5 Å². The van der Waals surface area contributed by atoms with Gasteiger partial charge in [0.2, 0.25) is 0 Å². The fraction of sp³-hybridized carbons (Fsp3) is 0.591. The van der Waals surface area contributed by atoms with E-state index in [0.29, 0.717) is 24.0 Å². The van der Waals surface area contributed by atoms with Crippen molar-refractivity contribution in [3.63, 3.8) is 0 Å². The van der Waals surface area contributed by atoms with Gasteiger partial charge in [0.05, 0.1) is 17.3 Å². The molecule has 1 aliphatic rings. The van der Waals surface area contributed by atoms with Crippen LogP contribution < -0.4 is 4.74 Å². The van der Waals surface area contributed by atoms with Crippen LogP contribution in [0.25, 0.3) is 11.3 Å². The summed E-state index contributed by atoms with van der Waals surface area (Å²) in [4.78, 5) is 0. The van der Waals surface area contributed by atoms with Gasteiger partial charge in [-0.05, 0) is 55.6 Å². The summed E-state index contributed by atoms with van der Waals surface area (Å²) in [6.07, 6.45) is 5.26. The van der Waals surface area contributed by atoms with Crippen molar-refractivity contribution in [2.75, 3.05) is 19.8 Å². The van der Waals surface area contributed by atoms with Gasteiger partial charge in [0.25, 0.3) is 0 Å². The van der Waals surface area contributed by atoms with Crippen LogP contribution in [0.15, 0.2) is 28.9 Å². The zero-order valence-electron chi connectivity index (χ0n) is 18.5. The van der Waals surface area contributed by atoms with Crippen molar-refractivity contribution in [2.24, 2.45) is 0 Å². The van der Waals surface area contributed by atoms with Crippen LogP contribution in [0.5, 0.6) is 5.75 Å². The van der Waals surface area contributed by atoms with Gasteiger partial charge in [0, 0.05) is 22.8 Å². The Hall–Kier alpha value is -0.863. The Kier molecular flexibility index (Phi) is 7.72. The van der Waals surface area contributed by atoms with Crippen LogP contribution in [0.3, 0.4) is 0 Å². The molecule has 1 fully saturated rings. The molecule has 1 unspecified atom stereocenters. The number of ether oxygens (including phenoxy) is 2. The quantitative estimate of drug-likeness (QED) is 0.292. The van der Waals surface area contributed by atoms with Crippen LogP contribution in [0.2, 0.25) is 23.2 Å². The lowest BCUT2D eigenvalue weighted by Gasteiger charge is -2.36. The molecule has 3 rings (SSSR count). The van der Waals surface area contributed by atoms with E-state index < -0.39 is 8.32 Å². The third-order valence-electron chi connectivity index (χ3n) is 5.97. The molecule has 1 aromatic heterocycles. The summed E-state index contributed by atoms with van der Waals surface area (Å²) in [5.74, 6) is 0.636. The van der Waals surface area contributed by atoms with Gasteiger partial charge in [0.1, 0.15) is 18.6 Å². The molecule has 0 spiro atoms. The average molecular weight is 516 g/mol. The SMILES string of the molecule is CC(C)(C)[Si](C)(C)OCCOc1cc(-c2ccn(C3CCCCO3)n2)c(Br)cc1Cl. The molecule has 0 N–H and O–H groups in total. The van der Waals surface area contributed by atoms with Gasteiger partial charge in [-0.15, -0.1) is 0 Å². The molecule has 1 aliphatic heterocycles. The molecule has 1 atom stereocenters. The number of rotatable bonds is 7. The molecule has 0 bridgehead atoms. The minimum Gasteiger partial charge on any atom is -0.490 e. The highest BCUT2D eigenvalue weighted by Gasteiger charge is 2.36. The van der Waals surface area contributed by atoms with Crippen LogP contribution in [-0.4, -0.2) is 37.9 Å². The normalized spacial score (nSPS) is 17.9. The molecule has 8 heteroatoms. The Bertz CT molecular complexity index is 861. The molecule has 1 aromatic carbocycles. The largest absolute Gasteiger partial charge is 0.490 e. The smallest absolute Gasteiger partial charge is 0.192 e. The molecule has 0 aliphatic carbocycles. The third kappa shape index (κ3) is 5.68. The summed E-state index contributed by atoms with van der Waals surface area (Å²) < 4.78 is 20.8. The maximum atomic E-state index is 6.42. The Morgan fingerprint density at radius 1 is 1.27 bits per heavy atom. The first-order valence-electron chi connectivity index (χ1n) is 10.5. The molecule has 0 saturated carbocycles. The Morgan fingerprint density at radius 2 is 2.03 bits per heavy atom. The maximum Gasteiger partial charge on any atom is 0.192 e. The van der Waals surface area contributed by atoms with Gasteiger partial charge in [-0.3, -0.25) is 0 Å². The van der Waals surface area contributed by atoms with Crippen molar-refractivity contribution >= 4 is 35.8 Å². The summed E-state index contributed by atoms with van der Waals surface area (Å²) in [7, 11) is -1.79. The van der Waals surface area contributed by atoms with E-state index in [0.717, 1.165) is 35.2 Å². The van der Waals surface area contributed by atoms with Gasteiger partial charge in [0.15, 0.2) is 8.32 Å². The second-order valence-electron chi connectivity index (χ2n) is 9.22. The average Bonchev–Trinajstić information content (AvgIpc) is 3.16. The van der Waals surface area contributed by atoms with E-state index in [2.05, 4.69) is 49.8 Å². The Labute approximate surface area is 194 Å². The van der Waals surface area contributed by atoms with Gasteiger partial charge in [-0.25, -0.2) is 4.68 Å². The Morgan fingerprint density at radius 3 is 2.70 bits per heavy atom. The highest BCUT2D eigenvalue weighted by atomic mass is 79.9. The van der Waals surface area contributed by atoms with Crippen molar-refractivity contribution in [3.05, 3.63) is 33.9 Å². The summed E-state index contributed by atoms with van der Waals surface area (Å²) in [5.41, 5.74) is 1.80. The van der Waals surface area contributed by atoms with E-state index in [1.54, 1.807) is 0 Å². The lowest BCUT2D eigenvalue weighted by Crippen LogP contribution is -2.41.